The SMILES string of the molecule is COc1ccc(C(CC(=O)N2CCc3c([nH]c4ccccc34)C2)c2oc(C)cc(=O)c2O)c(OC)c1OC. The minimum Gasteiger partial charge on any atom is -0.502 e. The van der Waals surface area contributed by atoms with E-state index in [1.165, 1.54) is 38.3 Å². The molecule has 1 aliphatic rings. The molecule has 9 nitrogen and oxygen atoms in total. The van der Waals surface area contributed by atoms with Gasteiger partial charge in [0.15, 0.2) is 17.3 Å². The lowest BCUT2D eigenvalue weighted by Crippen LogP contribution is -2.36. The molecule has 0 saturated carbocycles. The predicted octanol–water partition coefficient (Wildman–Crippen LogP) is 4.27. The zero-order chi connectivity index (χ0) is 27.0. The Bertz CT molecular complexity index is 1570. The Morgan fingerprint density at radius 2 is 1.87 bits per heavy atom. The van der Waals surface area contributed by atoms with Crippen molar-refractivity contribution in [1.82, 2.24) is 9.88 Å². The van der Waals surface area contributed by atoms with Crippen molar-refractivity contribution in [2.45, 2.75) is 32.2 Å². The topological polar surface area (TPSA) is 114 Å². The van der Waals surface area contributed by atoms with Crippen LogP contribution in [-0.2, 0) is 17.8 Å². The monoisotopic (exact) mass is 518 g/mol. The Morgan fingerprint density at radius 3 is 2.61 bits per heavy atom. The molecule has 1 amide bonds. The van der Waals surface area contributed by atoms with E-state index in [-0.39, 0.29) is 18.1 Å². The van der Waals surface area contributed by atoms with Gasteiger partial charge in [0.05, 0.1) is 33.8 Å². The van der Waals surface area contributed by atoms with Crippen LogP contribution in [-0.4, -0.2) is 48.8 Å². The Hall–Kier alpha value is -4.40. The van der Waals surface area contributed by atoms with Gasteiger partial charge in [-0.1, -0.05) is 24.3 Å². The number of nitrogens with one attached hydrogen (secondary N) is 1. The van der Waals surface area contributed by atoms with Crippen molar-refractivity contribution in [1.29, 1.82) is 0 Å². The smallest absolute Gasteiger partial charge is 0.227 e. The molecule has 38 heavy (non-hydrogen) atoms. The second-order valence-electron chi connectivity index (χ2n) is 9.31. The third-order valence-electron chi connectivity index (χ3n) is 7.11. The number of H-pyrrole nitrogens is 1. The van der Waals surface area contributed by atoms with Crippen LogP contribution in [0.2, 0.25) is 0 Å². The Kier molecular flexibility index (Phi) is 6.75. The van der Waals surface area contributed by atoms with Crippen molar-refractivity contribution in [3.05, 3.63) is 81.0 Å². The fourth-order valence-corrected chi connectivity index (χ4v) is 5.31. The van der Waals surface area contributed by atoms with E-state index in [1.807, 2.05) is 18.2 Å². The lowest BCUT2D eigenvalue weighted by atomic mass is 9.90. The number of hydrogen-bond acceptors (Lipinski definition) is 7. The molecule has 3 heterocycles. The fraction of sp³-hybridized carbons (Fsp3) is 0.310. The highest BCUT2D eigenvalue weighted by Gasteiger charge is 2.33. The molecule has 2 aromatic heterocycles. The Morgan fingerprint density at radius 1 is 1.11 bits per heavy atom. The molecule has 0 spiro atoms. The number of para-hydroxylation sites is 1. The molecule has 5 rings (SSSR count). The molecule has 198 valence electrons. The molecule has 0 saturated heterocycles. The highest BCUT2D eigenvalue weighted by Crippen LogP contribution is 2.46. The van der Waals surface area contributed by atoms with Crippen LogP contribution in [0, 0.1) is 6.92 Å². The van der Waals surface area contributed by atoms with Crippen LogP contribution in [0.4, 0.5) is 0 Å². The van der Waals surface area contributed by atoms with Gasteiger partial charge in [0, 0.05) is 41.2 Å². The number of carbonyl (C=O) groups is 1. The number of aromatic amines is 1. The highest BCUT2D eigenvalue weighted by molar-refractivity contribution is 5.86. The summed E-state index contributed by atoms with van der Waals surface area (Å²) in [5.74, 6) is -0.103. The number of ether oxygens (including phenoxy) is 3. The molecule has 1 aliphatic heterocycles. The summed E-state index contributed by atoms with van der Waals surface area (Å²) >= 11 is 0. The second kappa shape index (κ2) is 10.2. The number of aryl methyl sites for hydroxylation is 1. The normalized spacial score (nSPS) is 13.7. The fourth-order valence-electron chi connectivity index (χ4n) is 5.31. The van der Waals surface area contributed by atoms with E-state index in [1.54, 1.807) is 24.0 Å². The van der Waals surface area contributed by atoms with Gasteiger partial charge in [0.25, 0.3) is 0 Å². The average molecular weight is 519 g/mol. The predicted molar refractivity (Wildman–Crippen MR) is 141 cm³/mol. The summed E-state index contributed by atoms with van der Waals surface area (Å²) in [5, 5.41) is 11.9. The van der Waals surface area contributed by atoms with Crippen molar-refractivity contribution >= 4 is 16.8 Å². The molecule has 0 radical (unpaired) electrons. The van der Waals surface area contributed by atoms with Crippen molar-refractivity contribution in [3.8, 4) is 23.0 Å². The van der Waals surface area contributed by atoms with Gasteiger partial charge in [0.1, 0.15) is 5.76 Å². The maximum absolute atomic E-state index is 13.8. The van der Waals surface area contributed by atoms with Crippen LogP contribution < -0.4 is 19.6 Å². The van der Waals surface area contributed by atoms with Crippen molar-refractivity contribution < 1.29 is 28.5 Å². The number of benzene rings is 2. The van der Waals surface area contributed by atoms with Crippen molar-refractivity contribution in [2.24, 2.45) is 0 Å². The summed E-state index contributed by atoms with van der Waals surface area (Å²) in [6, 6.07) is 12.7. The van der Waals surface area contributed by atoms with Crippen LogP contribution in [0.25, 0.3) is 10.9 Å². The molecule has 2 aromatic carbocycles. The quantitative estimate of drug-likeness (QED) is 0.376. The summed E-state index contributed by atoms with van der Waals surface area (Å²) in [7, 11) is 4.48. The zero-order valence-corrected chi connectivity index (χ0v) is 21.8. The van der Waals surface area contributed by atoms with Crippen LogP contribution in [0.1, 0.15) is 40.7 Å². The van der Waals surface area contributed by atoms with E-state index < -0.39 is 17.1 Å². The first-order valence-electron chi connectivity index (χ1n) is 12.3. The molecule has 9 heteroatoms. The van der Waals surface area contributed by atoms with E-state index in [2.05, 4.69) is 11.1 Å². The largest absolute Gasteiger partial charge is 0.502 e. The van der Waals surface area contributed by atoms with E-state index >= 15 is 0 Å². The first-order chi connectivity index (χ1) is 18.4. The number of amides is 1. The molecule has 0 bridgehead atoms. The van der Waals surface area contributed by atoms with Gasteiger partial charge >= 0.3 is 0 Å². The molecule has 1 unspecified atom stereocenters. The lowest BCUT2D eigenvalue weighted by Gasteiger charge is -2.29. The first-order valence-corrected chi connectivity index (χ1v) is 12.3. The Labute approximate surface area is 219 Å². The number of rotatable bonds is 7. The number of carbonyl (C=O) groups excluding carboxylic acids is 1. The third kappa shape index (κ3) is 4.34. The lowest BCUT2D eigenvalue weighted by molar-refractivity contribution is -0.132. The standard InChI is InChI=1S/C29H30N2O7/c1-16-13-23(32)26(34)27(38-16)20(19-9-10-24(35-2)29(37-4)28(19)36-3)14-25(33)31-12-11-18-17-7-5-6-8-21(17)30-22(18)15-31/h5-10,13,20,30,34H,11-12,14-15H2,1-4H3. The van der Waals surface area contributed by atoms with Gasteiger partial charge in [-0.05, 0) is 31.0 Å². The van der Waals surface area contributed by atoms with Crippen LogP contribution >= 0.6 is 0 Å². The molecule has 4 aromatic rings. The highest BCUT2D eigenvalue weighted by atomic mass is 16.5. The number of aromatic nitrogens is 1. The minimum absolute atomic E-state index is 0.00261. The molecular formula is C29H30N2O7. The van der Waals surface area contributed by atoms with E-state index in [0.29, 0.717) is 41.7 Å². The van der Waals surface area contributed by atoms with Gasteiger partial charge in [-0.3, -0.25) is 9.59 Å². The van der Waals surface area contributed by atoms with Gasteiger partial charge in [-0.15, -0.1) is 0 Å². The molecule has 1 atom stereocenters. The summed E-state index contributed by atoms with van der Waals surface area (Å²) in [5.41, 5.74) is 3.22. The van der Waals surface area contributed by atoms with Gasteiger partial charge in [-0.25, -0.2) is 0 Å². The van der Waals surface area contributed by atoms with Gasteiger partial charge < -0.3 is 33.6 Å². The molecule has 0 aliphatic carbocycles. The maximum Gasteiger partial charge on any atom is 0.227 e. The van der Waals surface area contributed by atoms with Crippen molar-refractivity contribution in [2.75, 3.05) is 27.9 Å². The summed E-state index contributed by atoms with van der Waals surface area (Å²) < 4.78 is 22.5. The third-order valence-corrected chi connectivity index (χ3v) is 7.11. The second-order valence-corrected chi connectivity index (χ2v) is 9.31. The molecule has 2 N–H and O–H groups in total. The minimum atomic E-state index is -0.825. The van der Waals surface area contributed by atoms with E-state index in [0.717, 1.165) is 17.6 Å². The number of methoxy groups -OCH3 is 3. The van der Waals surface area contributed by atoms with E-state index in [9.17, 15) is 14.7 Å². The van der Waals surface area contributed by atoms with Crippen LogP contribution in [0.3, 0.4) is 0 Å². The average Bonchev–Trinajstić information content (AvgIpc) is 3.30. The summed E-state index contributed by atoms with van der Waals surface area (Å²) in [6.07, 6.45) is 0.654. The molecule has 0 fully saturated rings. The summed E-state index contributed by atoms with van der Waals surface area (Å²) in [4.78, 5) is 31.5. The first kappa shape index (κ1) is 25.3. The number of nitrogens with zero attached hydrogens (tertiary/aromatic N) is 1. The van der Waals surface area contributed by atoms with Crippen molar-refractivity contribution in [3.63, 3.8) is 0 Å². The number of hydrogen-bond donors (Lipinski definition) is 2. The Balaban J connectivity index is 1.55. The number of fused-ring (bicyclic) bond motifs is 3. The molecular weight excluding hydrogens is 488 g/mol. The maximum atomic E-state index is 13.8. The van der Waals surface area contributed by atoms with Gasteiger partial charge in [-0.2, -0.15) is 0 Å². The van der Waals surface area contributed by atoms with E-state index in [4.69, 9.17) is 18.6 Å². The van der Waals surface area contributed by atoms with Crippen LogP contribution in [0.15, 0.2) is 51.7 Å². The van der Waals surface area contributed by atoms with Crippen LogP contribution in [0.5, 0.6) is 23.0 Å². The van der Waals surface area contributed by atoms with Gasteiger partial charge in [0.2, 0.25) is 22.8 Å². The summed E-state index contributed by atoms with van der Waals surface area (Å²) in [6.45, 7) is 2.60. The zero-order valence-electron chi connectivity index (χ0n) is 21.8. The number of aromatic hydroxyl groups is 1.